The molecule has 0 unspecified atom stereocenters. The van der Waals surface area contributed by atoms with E-state index in [1.807, 2.05) is 30.3 Å². The Hall–Kier alpha value is -3.08. The average Bonchev–Trinajstić information content (AvgIpc) is 2.74. The van der Waals surface area contributed by atoms with Crippen molar-refractivity contribution in [2.75, 3.05) is 13.2 Å². The van der Waals surface area contributed by atoms with Crippen molar-refractivity contribution in [3.8, 4) is 11.5 Å². The lowest BCUT2D eigenvalue weighted by Gasteiger charge is -2.17. The van der Waals surface area contributed by atoms with Gasteiger partial charge in [0.15, 0.2) is 0 Å². The van der Waals surface area contributed by atoms with E-state index in [4.69, 9.17) is 10.6 Å². The molecule has 4 N–H and O–H groups in total. The van der Waals surface area contributed by atoms with Gasteiger partial charge in [-0.1, -0.05) is 61.5 Å². The van der Waals surface area contributed by atoms with Crippen LogP contribution in [0, 0.1) is 0 Å². The summed E-state index contributed by atoms with van der Waals surface area (Å²) >= 11 is 0. The molecule has 0 heterocycles. The predicted molar refractivity (Wildman–Crippen MR) is 115 cm³/mol. The number of hydrogen-bond acceptors (Lipinski definition) is 4. The van der Waals surface area contributed by atoms with Gasteiger partial charge in [-0.05, 0) is 58.5 Å². The molecule has 3 rings (SSSR count). The summed E-state index contributed by atoms with van der Waals surface area (Å²) in [6, 6.07) is 25.9. The fourth-order valence-electron chi connectivity index (χ4n) is 3.25. The lowest BCUT2D eigenvalue weighted by molar-refractivity contribution is 0.315. The fraction of sp³-hybridized carbons (Fsp3) is 0.167. The Morgan fingerprint density at radius 1 is 0.857 bits per heavy atom. The number of ether oxygens (including phenoxy) is 1. The number of aromatic hydroxyl groups is 1. The maximum atomic E-state index is 9.71. The van der Waals surface area contributed by atoms with Crippen LogP contribution in [0.2, 0.25) is 0 Å². The van der Waals surface area contributed by atoms with E-state index in [2.05, 4.69) is 48.7 Å². The molecule has 0 saturated heterocycles. The second-order valence-electron chi connectivity index (χ2n) is 6.45. The summed E-state index contributed by atoms with van der Waals surface area (Å²) < 4.78 is 5.68. The summed E-state index contributed by atoms with van der Waals surface area (Å²) in [6.45, 7) is 3.27. The molecular formula is C24H26N2O2. The van der Waals surface area contributed by atoms with E-state index in [0.717, 1.165) is 28.9 Å². The molecule has 3 aromatic carbocycles. The first kappa shape index (κ1) is 19.7. The van der Waals surface area contributed by atoms with Crippen molar-refractivity contribution in [1.29, 1.82) is 0 Å². The number of phenols is 1. The van der Waals surface area contributed by atoms with Gasteiger partial charge in [-0.2, -0.15) is 0 Å². The van der Waals surface area contributed by atoms with Crippen LogP contribution >= 0.6 is 0 Å². The highest BCUT2D eigenvalue weighted by Crippen LogP contribution is 2.35. The molecule has 0 atom stereocenters. The van der Waals surface area contributed by atoms with Gasteiger partial charge in [-0.15, -0.1) is 0 Å². The van der Waals surface area contributed by atoms with Gasteiger partial charge in [0.1, 0.15) is 18.1 Å². The van der Waals surface area contributed by atoms with E-state index in [1.54, 1.807) is 12.1 Å². The maximum absolute atomic E-state index is 9.71. The highest BCUT2D eigenvalue weighted by molar-refractivity contribution is 5.98. The van der Waals surface area contributed by atoms with Crippen LogP contribution in [0.15, 0.2) is 78.9 Å². The molecule has 0 spiro atoms. The first-order chi connectivity index (χ1) is 13.7. The summed E-state index contributed by atoms with van der Waals surface area (Å²) in [5.41, 5.74) is 8.37. The second kappa shape index (κ2) is 9.74. The first-order valence-corrected chi connectivity index (χ1v) is 9.47. The quantitative estimate of drug-likeness (QED) is 0.233. The van der Waals surface area contributed by atoms with Crippen molar-refractivity contribution in [3.63, 3.8) is 0 Å². The molecule has 0 radical (unpaired) electrons. The number of nitrogens with one attached hydrogen (secondary N) is 1. The lowest BCUT2D eigenvalue weighted by atomic mass is 9.88. The molecule has 0 fully saturated rings. The number of rotatable bonds is 8. The molecule has 28 heavy (non-hydrogen) atoms. The van der Waals surface area contributed by atoms with Crippen molar-refractivity contribution in [2.45, 2.75) is 13.3 Å². The Morgan fingerprint density at radius 2 is 1.46 bits per heavy atom. The number of allylic oxidation sites excluding steroid dienone is 1. The summed E-state index contributed by atoms with van der Waals surface area (Å²) in [4.78, 5) is 0. The molecule has 0 aliphatic carbocycles. The van der Waals surface area contributed by atoms with Crippen LogP contribution in [-0.4, -0.2) is 18.3 Å². The summed E-state index contributed by atoms with van der Waals surface area (Å²) in [5, 5.41) is 9.71. The zero-order chi connectivity index (χ0) is 19.8. The molecule has 0 saturated carbocycles. The third-order valence-corrected chi connectivity index (χ3v) is 4.59. The standard InChI is InChI=1S/C24H26N2O2/c1-2-23(18-6-4-3-5-7-18)24(19-8-12-21(27)13-9-19)20-10-14-22(15-11-20)28-17-16-26-25/h3-15,26-27H,2,16-17,25H2,1H3/b24-23-. The van der Waals surface area contributed by atoms with Gasteiger partial charge in [-0.25, -0.2) is 0 Å². The third-order valence-electron chi connectivity index (χ3n) is 4.59. The fourth-order valence-corrected chi connectivity index (χ4v) is 3.25. The van der Waals surface area contributed by atoms with Crippen LogP contribution in [0.4, 0.5) is 0 Å². The highest BCUT2D eigenvalue weighted by Gasteiger charge is 2.13. The van der Waals surface area contributed by atoms with Gasteiger partial charge in [0.2, 0.25) is 0 Å². The van der Waals surface area contributed by atoms with Gasteiger partial charge in [-0.3, -0.25) is 11.3 Å². The molecule has 0 amide bonds. The number of hydrogen-bond donors (Lipinski definition) is 3. The minimum absolute atomic E-state index is 0.262. The maximum Gasteiger partial charge on any atom is 0.119 e. The van der Waals surface area contributed by atoms with Crippen LogP contribution < -0.4 is 16.0 Å². The van der Waals surface area contributed by atoms with Crippen LogP contribution in [0.5, 0.6) is 11.5 Å². The molecule has 3 aromatic rings. The van der Waals surface area contributed by atoms with Crippen LogP contribution in [0.1, 0.15) is 30.0 Å². The number of phenolic OH excluding ortho intramolecular Hbond substituents is 1. The van der Waals surface area contributed by atoms with E-state index in [9.17, 15) is 5.11 Å². The minimum Gasteiger partial charge on any atom is -0.508 e. The van der Waals surface area contributed by atoms with E-state index in [0.29, 0.717) is 13.2 Å². The monoisotopic (exact) mass is 374 g/mol. The summed E-state index contributed by atoms with van der Waals surface area (Å²) in [6.07, 6.45) is 0.890. The lowest BCUT2D eigenvalue weighted by Crippen LogP contribution is -2.27. The smallest absolute Gasteiger partial charge is 0.119 e. The number of hydrazine groups is 1. The molecule has 4 heteroatoms. The van der Waals surface area contributed by atoms with Crippen molar-refractivity contribution < 1.29 is 9.84 Å². The van der Waals surface area contributed by atoms with Gasteiger partial charge < -0.3 is 9.84 Å². The van der Waals surface area contributed by atoms with E-state index in [-0.39, 0.29) is 5.75 Å². The van der Waals surface area contributed by atoms with Crippen molar-refractivity contribution >= 4 is 11.1 Å². The van der Waals surface area contributed by atoms with E-state index in [1.165, 1.54) is 11.1 Å². The summed E-state index contributed by atoms with van der Waals surface area (Å²) in [5.74, 6) is 6.35. The zero-order valence-electron chi connectivity index (χ0n) is 16.1. The van der Waals surface area contributed by atoms with Crippen molar-refractivity contribution in [2.24, 2.45) is 5.84 Å². The largest absolute Gasteiger partial charge is 0.508 e. The van der Waals surface area contributed by atoms with Gasteiger partial charge in [0.05, 0.1) is 0 Å². The number of benzene rings is 3. The molecule has 0 aliphatic heterocycles. The first-order valence-electron chi connectivity index (χ1n) is 9.47. The Kier molecular flexibility index (Phi) is 6.84. The van der Waals surface area contributed by atoms with Gasteiger partial charge in [0.25, 0.3) is 0 Å². The van der Waals surface area contributed by atoms with E-state index >= 15 is 0 Å². The zero-order valence-corrected chi connectivity index (χ0v) is 16.1. The Labute approximate surface area is 166 Å². The van der Waals surface area contributed by atoms with E-state index < -0.39 is 0 Å². The third kappa shape index (κ3) is 4.80. The van der Waals surface area contributed by atoms with Gasteiger partial charge >= 0.3 is 0 Å². The second-order valence-corrected chi connectivity index (χ2v) is 6.45. The normalized spacial score (nSPS) is 11.8. The van der Waals surface area contributed by atoms with Crippen molar-refractivity contribution in [1.82, 2.24) is 5.43 Å². The Bertz CT molecular complexity index is 902. The molecule has 0 aromatic heterocycles. The van der Waals surface area contributed by atoms with Crippen LogP contribution in [0.25, 0.3) is 11.1 Å². The highest BCUT2D eigenvalue weighted by atomic mass is 16.5. The molecule has 4 nitrogen and oxygen atoms in total. The average molecular weight is 374 g/mol. The van der Waals surface area contributed by atoms with Crippen LogP contribution in [-0.2, 0) is 0 Å². The molecular weight excluding hydrogens is 348 g/mol. The molecule has 0 bridgehead atoms. The Morgan fingerprint density at radius 3 is 2.04 bits per heavy atom. The molecule has 144 valence electrons. The number of nitrogens with two attached hydrogens (primary N) is 1. The minimum atomic E-state index is 0.262. The predicted octanol–water partition coefficient (Wildman–Crippen LogP) is 4.60. The van der Waals surface area contributed by atoms with Crippen molar-refractivity contribution in [3.05, 3.63) is 95.6 Å². The Balaban J connectivity index is 2.06. The van der Waals surface area contributed by atoms with Gasteiger partial charge in [0, 0.05) is 6.54 Å². The molecule has 0 aliphatic rings. The SMILES string of the molecule is CC/C(=C(\c1ccc(O)cc1)c1ccc(OCCNN)cc1)c1ccccc1. The summed E-state index contributed by atoms with van der Waals surface area (Å²) in [7, 11) is 0. The van der Waals surface area contributed by atoms with Crippen LogP contribution in [0.3, 0.4) is 0 Å². The topological polar surface area (TPSA) is 67.5 Å².